The van der Waals surface area contributed by atoms with Crippen LogP contribution in [0, 0.1) is 5.92 Å². The van der Waals surface area contributed by atoms with Gasteiger partial charge in [-0.05, 0) is 71.1 Å². The van der Waals surface area contributed by atoms with Crippen LogP contribution in [0.1, 0.15) is 38.2 Å². The molecule has 9 nitrogen and oxygen atoms in total. The van der Waals surface area contributed by atoms with Crippen molar-refractivity contribution in [3.8, 4) is 5.69 Å². The molecule has 10 heteroatoms. The Bertz CT molecular complexity index is 1160. The summed E-state index contributed by atoms with van der Waals surface area (Å²) in [7, 11) is -3.71. The van der Waals surface area contributed by atoms with Gasteiger partial charge in [0.05, 0.1) is 16.5 Å². The van der Waals surface area contributed by atoms with Gasteiger partial charge in [0.2, 0.25) is 15.9 Å². The van der Waals surface area contributed by atoms with Gasteiger partial charge in [-0.25, -0.2) is 13.1 Å². The number of nitrogens with one attached hydrogen (secondary N) is 1. The molecule has 1 amide bonds. The van der Waals surface area contributed by atoms with Gasteiger partial charge in [-0.3, -0.25) is 4.79 Å². The predicted molar refractivity (Wildman–Crippen MR) is 120 cm³/mol. The Kier molecular flexibility index (Phi) is 6.33. The first-order valence-corrected chi connectivity index (χ1v) is 12.0. The van der Waals surface area contributed by atoms with Gasteiger partial charge in [-0.2, -0.15) is 4.31 Å². The van der Waals surface area contributed by atoms with Crippen molar-refractivity contribution in [1.29, 1.82) is 0 Å². The molecule has 0 spiro atoms. The molecule has 1 N–H and O–H groups in total. The number of benzene rings is 2. The van der Waals surface area contributed by atoms with E-state index in [1.807, 2.05) is 24.3 Å². The van der Waals surface area contributed by atoms with E-state index in [-0.39, 0.29) is 17.3 Å². The van der Waals surface area contributed by atoms with Crippen molar-refractivity contribution in [3.63, 3.8) is 0 Å². The molecule has 1 atom stereocenters. The number of rotatable bonds is 6. The minimum Gasteiger partial charge on any atom is -0.326 e. The molecule has 4 rings (SSSR count). The highest BCUT2D eigenvalue weighted by molar-refractivity contribution is 7.89. The SMILES string of the molecule is CC(C)c1ccc(NC(=O)C2CCCN(S(=O)(=O)c3ccc(-n4cnnn4)cc3)C2)cc1. The van der Waals surface area contributed by atoms with Crippen molar-refractivity contribution >= 4 is 21.6 Å². The molecule has 32 heavy (non-hydrogen) atoms. The second-order valence-corrected chi connectivity index (χ2v) is 10.2. The highest BCUT2D eigenvalue weighted by Crippen LogP contribution is 2.26. The number of hydrogen-bond acceptors (Lipinski definition) is 6. The number of sulfonamides is 1. The van der Waals surface area contributed by atoms with Crippen LogP contribution in [0.15, 0.2) is 59.8 Å². The molecule has 1 fully saturated rings. The van der Waals surface area contributed by atoms with Crippen LogP contribution in [0.3, 0.4) is 0 Å². The molecular formula is C22H26N6O3S. The lowest BCUT2D eigenvalue weighted by atomic mass is 9.98. The number of nitrogens with zero attached hydrogens (tertiary/aromatic N) is 5. The second kappa shape index (κ2) is 9.17. The van der Waals surface area contributed by atoms with Gasteiger partial charge in [0.1, 0.15) is 6.33 Å². The quantitative estimate of drug-likeness (QED) is 0.613. The van der Waals surface area contributed by atoms with Crippen LogP contribution in [0.2, 0.25) is 0 Å². The Labute approximate surface area is 187 Å². The van der Waals surface area contributed by atoms with Gasteiger partial charge < -0.3 is 5.32 Å². The van der Waals surface area contributed by atoms with Crippen LogP contribution in [0.5, 0.6) is 0 Å². The standard InChI is InChI=1S/C22H26N6O3S/c1-16(2)17-5-7-19(8-6-17)24-22(29)18-4-3-13-27(14-18)32(30,31)21-11-9-20(10-12-21)28-15-23-25-26-28/h5-12,15-16,18H,3-4,13-14H2,1-2H3,(H,24,29). The molecule has 1 saturated heterocycles. The number of tetrazole rings is 1. The fourth-order valence-corrected chi connectivity index (χ4v) is 5.29. The molecule has 168 valence electrons. The fourth-order valence-electron chi connectivity index (χ4n) is 3.77. The zero-order valence-corrected chi connectivity index (χ0v) is 18.9. The van der Waals surface area contributed by atoms with Gasteiger partial charge in [0, 0.05) is 18.8 Å². The summed E-state index contributed by atoms with van der Waals surface area (Å²) in [4.78, 5) is 13.0. The van der Waals surface area contributed by atoms with E-state index in [1.54, 1.807) is 12.1 Å². The lowest BCUT2D eigenvalue weighted by Gasteiger charge is -2.31. The highest BCUT2D eigenvalue weighted by atomic mass is 32.2. The molecule has 2 aromatic carbocycles. The number of carbonyl (C=O) groups excluding carboxylic acids is 1. The summed E-state index contributed by atoms with van der Waals surface area (Å²) in [5, 5.41) is 13.9. The summed E-state index contributed by atoms with van der Waals surface area (Å²) in [6, 6.07) is 14.1. The van der Waals surface area contributed by atoms with Gasteiger partial charge in [0.15, 0.2) is 0 Å². The van der Waals surface area contributed by atoms with Gasteiger partial charge >= 0.3 is 0 Å². The first kappa shape index (κ1) is 22.1. The molecule has 1 aliphatic rings. The number of aromatic nitrogens is 4. The number of anilines is 1. The van der Waals surface area contributed by atoms with E-state index in [9.17, 15) is 13.2 Å². The minimum absolute atomic E-state index is 0.156. The van der Waals surface area contributed by atoms with Crippen molar-refractivity contribution in [3.05, 3.63) is 60.4 Å². The lowest BCUT2D eigenvalue weighted by molar-refractivity contribution is -0.120. The highest BCUT2D eigenvalue weighted by Gasteiger charge is 2.33. The third-order valence-corrected chi connectivity index (χ3v) is 7.57. The average Bonchev–Trinajstić information content (AvgIpc) is 3.35. The van der Waals surface area contributed by atoms with Crippen LogP contribution in [0.4, 0.5) is 5.69 Å². The van der Waals surface area contributed by atoms with Crippen molar-refractivity contribution < 1.29 is 13.2 Å². The molecule has 3 aromatic rings. The summed E-state index contributed by atoms with van der Waals surface area (Å²) >= 11 is 0. The van der Waals surface area contributed by atoms with E-state index in [4.69, 9.17) is 0 Å². The molecule has 0 saturated carbocycles. The molecule has 0 radical (unpaired) electrons. The molecule has 1 aromatic heterocycles. The Morgan fingerprint density at radius 3 is 2.44 bits per heavy atom. The predicted octanol–water partition coefficient (Wildman–Crippen LogP) is 2.83. The molecule has 0 aliphatic carbocycles. The summed E-state index contributed by atoms with van der Waals surface area (Å²) in [6.07, 6.45) is 2.72. The number of amides is 1. The van der Waals surface area contributed by atoms with E-state index in [0.29, 0.717) is 31.0 Å². The molecule has 0 bridgehead atoms. The van der Waals surface area contributed by atoms with E-state index in [2.05, 4.69) is 34.7 Å². The van der Waals surface area contributed by atoms with Gasteiger partial charge in [-0.1, -0.05) is 26.0 Å². The maximum absolute atomic E-state index is 13.2. The molecule has 1 unspecified atom stereocenters. The van der Waals surface area contributed by atoms with Crippen molar-refractivity contribution in [2.45, 2.75) is 37.5 Å². The van der Waals surface area contributed by atoms with E-state index in [1.165, 1.54) is 33.0 Å². The number of carbonyl (C=O) groups is 1. The van der Waals surface area contributed by atoms with Crippen LogP contribution in [-0.2, 0) is 14.8 Å². The minimum atomic E-state index is -3.71. The lowest BCUT2D eigenvalue weighted by Crippen LogP contribution is -2.43. The van der Waals surface area contributed by atoms with Crippen LogP contribution >= 0.6 is 0 Å². The van der Waals surface area contributed by atoms with Crippen LogP contribution in [-0.4, -0.2) is 51.9 Å². The molecule has 2 heterocycles. The summed E-state index contributed by atoms with van der Waals surface area (Å²) in [5.74, 6) is -0.140. The third-order valence-electron chi connectivity index (χ3n) is 5.69. The summed E-state index contributed by atoms with van der Waals surface area (Å²) < 4.78 is 29.2. The fraction of sp³-hybridized carbons (Fsp3) is 0.364. The summed E-state index contributed by atoms with van der Waals surface area (Å²) in [6.45, 7) is 4.78. The Balaban J connectivity index is 1.43. The monoisotopic (exact) mass is 454 g/mol. The zero-order valence-electron chi connectivity index (χ0n) is 18.0. The van der Waals surface area contributed by atoms with Crippen molar-refractivity contribution in [2.75, 3.05) is 18.4 Å². The molecular weight excluding hydrogens is 428 g/mol. The van der Waals surface area contributed by atoms with E-state index < -0.39 is 15.9 Å². The Morgan fingerprint density at radius 1 is 1.09 bits per heavy atom. The largest absolute Gasteiger partial charge is 0.326 e. The first-order chi connectivity index (χ1) is 15.3. The topological polar surface area (TPSA) is 110 Å². The molecule has 1 aliphatic heterocycles. The van der Waals surface area contributed by atoms with Crippen LogP contribution in [0.25, 0.3) is 5.69 Å². The summed E-state index contributed by atoms with van der Waals surface area (Å²) in [5.41, 5.74) is 2.58. The maximum atomic E-state index is 13.2. The normalized spacial score (nSPS) is 17.4. The Hall–Kier alpha value is -3.11. The average molecular weight is 455 g/mol. The zero-order chi connectivity index (χ0) is 22.7. The third kappa shape index (κ3) is 4.71. The van der Waals surface area contributed by atoms with Crippen LogP contribution < -0.4 is 5.32 Å². The second-order valence-electron chi connectivity index (χ2n) is 8.22. The number of piperidine rings is 1. The van der Waals surface area contributed by atoms with Crippen molar-refractivity contribution in [1.82, 2.24) is 24.5 Å². The Morgan fingerprint density at radius 2 is 1.81 bits per heavy atom. The van der Waals surface area contributed by atoms with Crippen molar-refractivity contribution in [2.24, 2.45) is 5.92 Å². The van der Waals surface area contributed by atoms with Gasteiger partial charge in [0.25, 0.3) is 0 Å². The van der Waals surface area contributed by atoms with E-state index >= 15 is 0 Å². The van der Waals surface area contributed by atoms with Gasteiger partial charge in [-0.15, -0.1) is 5.10 Å². The first-order valence-electron chi connectivity index (χ1n) is 10.6. The van der Waals surface area contributed by atoms with E-state index in [0.717, 1.165) is 5.69 Å². The maximum Gasteiger partial charge on any atom is 0.243 e. The number of hydrogen-bond donors (Lipinski definition) is 1. The smallest absolute Gasteiger partial charge is 0.243 e.